The van der Waals surface area contributed by atoms with Gasteiger partial charge in [0, 0.05) is 19.2 Å². The Morgan fingerprint density at radius 3 is 1.92 bits per heavy atom. The van der Waals surface area contributed by atoms with Crippen LogP contribution in [0.3, 0.4) is 0 Å². The fraction of sp³-hybridized carbons (Fsp3) is 0.346. The van der Waals surface area contributed by atoms with Crippen molar-refractivity contribution in [2.45, 2.75) is 26.4 Å². The molecule has 2 rings (SSSR count). The molecule has 0 heterocycles. The molecule has 0 unspecified atom stereocenters. The topological polar surface area (TPSA) is 124 Å². The number of amides is 3. The quantitative estimate of drug-likeness (QED) is 0.337. The smallest absolute Gasteiger partial charge is 0.412 e. The van der Waals surface area contributed by atoms with Crippen molar-refractivity contribution in [3.8, 4) is 17.2 Å². The summed E-state index contributed by atoms with van der Waals surface area (Å²) in [6.45, 7) is 5.27. The standard InChI is InChI=1S/C26H33N3O7/c1-26(2,3)36-25(32)29-17-23(30)27-12-13-28-24(31)35-20-10-8-18(9-11-20)6-7-19-14-21(33-4)16-22(15-19)34-5/h6-11,14-16H,12-13,17H2,1-5H3,(H,27,30)(H,28,31)(H,29,32)/b7-6+. The van der Waals surface area contributed by atoms with Crippen molar-refractivity contribution in [1.29, 1.82) is 0 Å². The third kappa shape index (κ3) is 10.8. The fourth-order valence-corrected chi connectivity index (χ4v) is 2.80. The third-order valence-electron chi connectivity index (χ3n) is 4.44. The second-order valence-corrected chi connectivity index (χ2v) is 8.57. The molecule has 36 heavy (non-hydrogen) atoms. The van der Waals surface area contributed by atoms with Gasteiger partial charge in [-0.15, -0.1) is 0 Å². The summed E-state index contributed by atoms with van der Waals surface area (Å²) in [4.78, 5) is 35.2. The highest BCUT2D eigenvalue weighted by molar-refractivity contribution is 5.82. The van der Waals surface area contributed by atoms with Gasteiger partial charge in [-0.3, -0.25) is 4.79 Å². The van der Waals surface area contributed by atoms with Crippen LogP contribution in [-0.4, -0.2) is 57.5 Å². The Hall–Kier alpha value is -4.21. The maximum absolute atomic E-state index is 12.0. The van der Waals surface area contributed by atoms with Crippen LogP contribution in [0.15, 0.2) is 42.5 Å². The molecule has 0 radical (unpaired) electrons. The van der Waals surface area contributed by atoms with Crippen LogP contribution in [0.1, 0.15) is 31.9 Å². The molecule has 10 nitrogen and oxygen atoms in total. The summed E-state index contributed by atoms with van der Waals surface area (Å²) in [6.07, 6.45) is 2.51. The maximum Gasteiger partial charge on any atom is 0.412 e. The summed E-state index contributed by atoms with van der Waals surface area (Å²) in [7, 11) is 3.19. The summed E-state index contributed by atoms with van der Waals surface area (Å²) >= 11 is 0. The van der Waals surface area contributed by atoms with Gasteiger partial charge < -0.3 is 34.9 Å². The molecule has 0 aromatic heterocycles. The normalized spacial score (nSPS) is 10.9. The highest BCUT2D eigenvalue weighted by Crippen LogP contribution is 2.24. The Labute approximate surface area is 210 Å². The van der Waals surface area contributed by atoms with E-state index in [4.69, 9.17) is 18.9 Å². The van der Waals surface area contributed by atoms with E-state index in [2.05, 4.69) is 16.0 Å². The first-order valence-electron chi connectivity index (χ1n) is 11.3. The van der Waals surface area contributed by atoms with Crippen LogP contribution in [0.2, 0.25) is 0 Å². The minimum atomic E-state index is -0.679. The van der Waals surface area contributed by atoms with Crippen molar-refractivity contribution in [2.75, 3.05) is 33.9 Å². The van der Waals surface area contributed by atoms with Gasteiger partial charge in [0.05, 0.1) is 20.8 Å². The van der Waals surface area contributed by atoms with Gasteiger partial charge in [0.1, 0.15) is 22.8 Å². The maximum atomic E-state index is 12.0. The van der Waals surface area contributed by atoms with Gasteiger partial charge in [0.15, 0.2) is 0 Å². The van der Waals surface area contributed by atoms with Gasteiger partial charge in [-0.25, -0.2) is 9.59 Å². The molecule has 0 saturated carbocycles. The van der Waals surface area contributed by atoms with Gasteiger partial charge >= 0.3 is 12.2 Å². The number of carbonyl (C=O) groups is 3. The highest BCUT2D eigenvalue weighted by atomic mass is 16.6. The van der Waals surface area contributed by atoms with Crippen molar-refractivity contribution >= 4 is 30.2 Å². The van der Waals surface area contributed by atoms with Crippen LogP contribution < -0.4 is 30.2 Å². The zero-order valence-corrected chi connectivity index (χ0v) is 21.2. The summed E-state index contributed by atoms with van der Waals surface area (Å²) in [6, 6.07) is 12.6. The van der Waals surface area contributed by atoms with Crippen LogP contribution >= 0.6 is 0 Å². The highest BCUT2D eigenvalue weighted by Gasteiger charge is 2.16. The number of hydrogen-bond donors (Lipinski definition) is 3. The molecule has 0 aliphatic heterocycles. The molecule has 0 bridgehead atoms. The summed E-state index contributed by atoms with van der Waals surface area (Å²) in [5.74, 6) is 1.35. The van der Waals surface area contributed by atoms with E-state index in [1.54, 1.807) is 53.2 Å². The molecule has 2 aromatic carbocycles. The van der Waals surface area contributed by atoms with Gasteiger partial charge in [-0.05, 0) is 56.2 Å². The second-order valence-electron chi connectivity index (χ2n) is 8.57. The van der Waals surface area contributed by atoms with Crippen LogP contribution in [0.25, 0.3) is 12.2 Å². The van der Waals surface area contributed by atoms with Crippen molar-refractivity contribution < 1.29 is 33.3 Å². The van der Waals surface area contributed by atoms with Gasteiger partial charge in [-0.2, -0.15) is 0 Å². The van der Waals surface area contributed by atoms with Crippen molar-refractivity contribution in [3.63, 3.8) is 0 Å². The lowest BCUT2D eigenvalue weighted by Gasteiger charge is -2.19. The number of nitrogens with one attached hydrogen (secondary N) is 3. The van der Waals surface area contributed by atoms with E-state index >= 15 is 0 Å². The third-order valence-corrected chi connectivity index (χ3v) is 4.44. The second kappa shape index (κ2) is 13.6. The van der Waals surface area contributed by atoms with Gasteiger partial charge in [0.2, 0.25) is 5.91 Å². The molecule has 0 fully saturated rings. The Morgan fingerprint density at radius 2 is 1.33 bits per heavy atom. The van der Waals surface area contributed by atoms with Gasteiger partial charge in [-0.1, -0.05) is 24.3 Å². The molecule has 194 valence electrons. The van der Waals surface area contributed by atoms with E-state index in [1.165, 1.54) is 0 Å². The molecule has 2 aromatic rings. The number of carbonyl (C=O) groups excluding carboxylic acids is 3. The summed E-state index contributed by atoms with van der Waals surface area (Å²) < 4.78 is 20.8. The molecule has 3 N–H and O–H groups in total. The van der Waals surface area contributed by atoms with E-state index in [0.717, 1.165) is 11.1 Å². The first-order chi connectivity index (χ1) is 17.1. The molecule has 0 saturated heterocycles. The lowest BCUT2D eigenvalue weighted by atomic mass is 10.1. The molecule has 0 spiro atoms. The first-order valence-corrected chi connectivity index (χ1v) is 11.3. The number of benzene rings is 2. The minimum Gasteiger partial charge on any atom is -0.497 e. The molecule has 3 amide bonds. The molecule has 0 aliphatic carbocycles. The Kier molecular flexibility index (Phi) is 10.6. The molecule has 0 aliphatic rings. The van der Waals surface area contributed by atoms with Crippen molar-refractivity contribution in [3.05, 3.63) is 53.6 Å². The van der Waals surface area contributed by atoms with Crippen LogP contribution in [0, 0.1) is 0 Å². The predicted octanol–water partition coefficient (Wildman–Crippen LogP) is 3.60. The zero-order valence-electron chi connectivity index (χ0n) is 21.2. The number of methoxy groups -OCH3 is 2. The molecule has 0 atom stereocenters. The van der Waals surface area contributed by atoms with Gasteiger partial charge in [0.25, 0.3) is 0 Å². The predicted molar refractivity (Wildman–Crippen MR) is 136 cm³/mol. The molecular formula is C26H33N3O7. The summed E-state index contributed by atoms with van der Waals surface area (Å²) in [5, 5.41) is 7.46. The lowest BCUT2D eigenvalue weighted by molar-refractivity contribution is -0.120. The number of alkyl carbamates (subject to hydrolysis) is 1. The SMILES string of the molecule is COc1cc(/C=C/c2ccc(OC(=O)NCCNC(=O)CNC(=O)OC(C)(C)C)cc2)cc(OC)c1. The van der Waals surface area contributed by atoms with E-state index < -0.39 is 23.7 Å². The fourth-order valence-electron chi connectivity index (χ4n) is 2.80. The Bertz CT molecular complexity index is 1040. The Balaban J connectivity index is 1.71. The van der Waals surface area contributed by atoms with E-state index in [-0.39, 0.29) is 19.6 Å². The largest absolute Gasteiger partial charge is 0.497 e. The monoisotopic (exact) mass is 499 g/mol. The first kappa shape index (κ1) is 28.0. The average Bonchev–Trinajstić information content (AvgIpc) is 2.83. The van der Waals surface area contributed by atoms with Crippen LogP contribution in [0.4, 0.5) is 9.59 Å². The van der Waals surface area contributed by atoms with Crippen LogP contribution in [0.5, 0.6) is 17.2 Å². The van der Waals surface area contributed by atoms with E-state index in [0.29, 0.717) is 17.2 Å². The number of ether oxygens (including phenoxy) is 4. The van der Waals surface area contributed by atoms with E-state index in [9.17, 15) is 14.4 Å². The number of rotatable bonds is 10. The zero-order chi connectivity index (χ0) is 26.6. The Morgan fingerprint density at radius 1 is 0.750 bits per heavy atom. The van der Waals surface area contributed by atoms with Crippen molar-refractivity contribution in [2.24, 2.45) is 0 Å². The average molecular weight is 500 g/mol. The minimum absolute atomic E-state index is 0.155. The number of hydrogen-bond acceptors (Lipinski definition) is 7. The van der Waals surface area contributed by atoms with E-state index in [1.807, 2.05) is 36.4 Å². The van der Waals surface area contributed by atoms with Crippen molar-refractivity contribution in [1.82, 2.24) is 16.0 Å². The summed E-state index contributed by atoms with van der Waals surface area (Å²) in [5.41, 5.74) is 1.18. The van der Waals surface area contributed by atoms with Crippen LogP contribution in [-0.2, 0) is 9.53 Å². The lowest BCUT2D eigenvalue weighted by Crippen LogP contribution is -2.42. The molecule has 10 heteroatoms. The molecular weight excluding hydrogens is 466 g/mol.